The van der Waals surface area contributed by atoms with Crippen molar-refractivity contribution in [3.8, 4) is 0 Å². The third-order valence-electron chi connectivity index (χ3n) is 3.29. The average Bonchev–Trinajstić information content (AvgIpc) is 2.46. The van der Waals surface area contributed by atoms with E-state index in [0.29, 0.717) is 0 Å². The largest absolute Gasteiger partial charge is 0.481 e. The van der Waals surface area contributed by atoms with E-state index in [9.17, 15) is 22.4 Å². The lowest BCUT2D eigenvalue weighted by atomic mass is 10.2. The molecule has 0 fully saturated rings. The predicted molar refractivity (Wildman–Crippen MR) is 85.3 cm³/mol. The second kappa shape index (κ2) is 8.74. The van der Waals surface area contributed by atoms with Crippen molar-refractivity contribution in [2.24, 2.45) is 0 Å². The molecule has 1 unspecified atom stereocenters. The molecule has 1 aromatic rings. The van der Waals surface area contributed by atoms with Gasteiger partial charge in [-0.25, -0.2) is 17.1 Å². The Balaban J connectivity index is 2.48. The number of amides is 1. The van der Waals surface area contributed by atoms with Gasteiger partial charge in [0.05, 0.1) is 11.3 Å². The molecule has 7 nitrogen and oxygen atoms in total. The Morgan fingerprint density at radius 3 is 2.42 bits per heavy atom. The second-order valence-corrected chi connectivity index (χ2v) is 7.50. The number of rotatable bonds is 9. The van der Waals surface area contributed by atoms with Gasteiger partial charge in [0.15, 0.2) is 0 Å². The maximum Gasteiger partial charge on any atom is 0.305 e. The van der Waals surface area contributed by atoms with Crippen LogP contribution in [0.4, 0.5) is 4.39 Å². The molecule has 0 aliphatic heterocycles. The van der Waals surface area contributed by atoms with Gasteiger partial charge in [-0.15, -0.1) is 0 Å². The van der Waals surface area contributed by atoms with Crippen LogP contribution >= 0.6 is 0 Å². The van der Waals surface area contributed by atoms with E-state index >= 15 is 0 Å². The molecule has 24 heavy (non-hydrogen) atoms. The minimum atomic E-state index is -3.74. The maximum absolute atomic E-state index is 12.9. The van der Waals surface area contributed by atoms with Crippen molar-refractivity contribution in [1.82, 2.24) is 9.62 Å². The number of carbonyl (C=O) groups is 2. The van der Waals surface area contributed by atoms with Gasteiger partial charge in [0, 0.05) is 26.1 Å². The first-order chi connectivity index (χ1) is 11.1. The van der Waals surface area contributed by atoms with Crippen LogP contribution in [0.2, 0.25) is 0 Å². The molecule has 1 atom stereocenters. The van der Waals surface area contributed by atoms with Crippen LogP contribution in [-0.4, -0.2) is 49.3 Å². The summed E-state index contributed by atoms with van der Waals surface area (Å²) in [6, 6.07) is 4.01. The van der Waals surface area contributed by atoms with Gasteiger partial charge in [-0.1, -0.05) is 0 Å². The van der Waals surface area contributed by atoms with Crippen molar-refractivity contribution in [2.75, 3.05) is 13.6 Å². The molecule has 1 aromatic carbocycles. The minimum Gasteiger partial charge on any atom is -0.481 e. The van der Waals surface area contributed by atoms with Crippen LogP contribution in [0.15, 0.2) is 29.2 Å². The van der Waals surface area contributed by atoms with E-state index in [1.807, 2.05) is 0 Å². The van der Waals surface area contributed by atoms with Gasteiger partial charge in [-0.05, 0) is 37.6 Å². The number of sulfonamides is 1. The summed E-state index contributed by atoms with van der Waals surface area (Å²) in [5, 5.41) is 11.1. The third-order valence-corrected chi connectivity index (χ3v) is 5.16. The van der Waals surface area contributed by atoms with Crippen LogP contribution < -0.4 is 5.32 Å². The number of nitrogens with zero attached hydrogens (tertiary/aromatic N) is 1. The number of hydrogen-bond acceptors (Lipinski definition) is 4. The van der Waals surface area contributed by atoms with Gasteiger partial charge in [-0.2, -0.15) is 0 Å². The second-order valence-electron chi connectivity index (χ2n) is 5.45. The fourth-order valence-electron chi connectivity index (χ4n) is 2.03. The Morgan fingerprint density at radius 1 is 1.29 bits per heavy atom. The molecule has 0 heterocycles. The van der Waals surface area contributed by atoms with E-state index in [1.54, 1.807) is 6.92 Å². The summed E-state index contributed by atoms with van der Waals surface area (Å²) in [5.41, 5.74) is 0. The molecule has 134 valence electrons. The van der Waals surface area contributed by atoms with Crippen LogP contribution in [0.5, 0.6) is 0 Å². The quantitative estimate of drug-likeness (QED) is 0.689. The Labute approximate surface area is 140 Å². The lowest BCUT2D eigenvalue weighted by Crippen LogP contribution is -2.35. The highest BCUT2D eigenvalue weighted by Crippen LogP contribution is 2.15. The minimum absolute atomic E-state index is 0.0223. The standard InChI is InChI=1S/C15H21FN2O5S/c1-11(10-15(20)21)17-14(19)4-3-9-18(2)24(22,23)13-7-5-12(16)6-8-13/h5-8,11H,3-4,9-10H2,1-2H3,(H,17,19)(H,20,21). The number of benzene rings is 1. The van der Waals surface area contributed by atoms with Crippen molar-refractivity contribution in [3.63, 3.8) is 0 Å². The fourth-order valence-corrected chi connectivity index (χ4v) is 3.24. The van der Waals surface area contributed by atoms with Crippen LogP contribution in [-0.2, 0) is 19.6 Å². The number of carbonyl (C=O) groups excluding carboxylic acids is 1. The zero-order chi connectivity index (χ0) is 18.3. The first-order valence-corrected chi connectivity index (χ1v) is 8.80. The lowest BCUT2D eigenvalue weighted by Gasteiger charge is -2.17. The fraction of sp³-hybridized carbons (Fsp3) is 0.467. The summed E-state index contributed by atoms with van der Waals surface area (Å²) in [6.45, 7) is 1.69. The number of carboxylic acid groups (broad SMARTS) is 1. The monoisotopic (exact) mass is 360 g/mol. The molecular formula is C15H21FN2O5S. The summed E-state index contributed by atoms with van der Waals surface area (Å²) >= 11 is 0. The van der Waals surface area contributed by atoms with E-state index in [-0.39, 0.29) is 36.6 Å². The van der Waals surface area contributed by atoms with Crippen LogP contribution in [0.3, 0.4) is 0 Å². The molecule has 0 aromatic heterocycles. The highest BCUT2D eigenvalue weighted by molar-refractivity contribution is 7.89. The third kappa shape index (κ3) is 6.25. The van der Waals surface area contributed by atoms with Crippen molar-refractivity contribution in [3.05, 3.63) is 30.1 Å². The molecule has 2 N–H and O–H groups in total. The first kappa shape index (κ1) is 20.0. The maximum atomic E-state index is 12.9. The average molecular weight is 360 g/mol. The highest BCUT2D eigenvalue weighted by atomic mass is 32.2. The van der Waals surface area contributed by atoms with Crippen LogP contribution in [0.1, 0.15) is 26.2 Å². The lowest BCUT2D eigenvalue weighted by molar-refractivity contribution is -0.137. The molecule has 1 amide bonds. The number of nitrogens with one attached hydrogen (secondary N) is 1. The summed E-state index contributed by atoms with van der Waals surface area (Å²) in [6.07, 6.45) is 0.181. The van der Waals surface area contributed by atoms with Crippen molar-refractivity contribution in [2.45, 2.75) is 37.1 Å². The van der Waals surface area contributed by atoms with E-state index in [0.717, 1.165) is 16.4 Å². The Bertz CT molecular complexity index is 676. The molecule has 0 bridgehead atoms. The van der Waals surface area contributed by atoms with E-state index in [2.05, 4.69) is 5.32 Å². The number of halogens is 1. The van der Waals surface area contributed by atoms with Crippen molar-refractivity contribution >= 4 is 21.9 Å². The molecule has 0 spiro atoms. The molecule has 1 rings (SSSR count). The summed E-state index contributed by atoms with van der Waals surface area (Å²) in [7, 11) is -2.36. The van der Waals surface area contributed by atoms with Gasteiger partial charge in [0.25, 0.3) is 0 Å². The molecule has 0 aliphatic rings. The molecule has 0 saturated heterocycles. The van der Waals surface area contributed by atoms with Gasteiger partial charge >= 0.3 is 5.97 Å². The number of aliphatic carboxylic acids is 1. The zero-order valence-electron chi connectivity index (χ0n) is 13.5. The van der Waals surface area contributed by atoms with E-state index < -0.39 is 27.9 Å². The first-order valence-electron chi connectivity index (χ1n) is 7.36. The Kier molecular flexibility index (Phi) is 7.30. The normalized spacial score (nSPS) is 12.8. The molecule has 0 saturated carbocycles. The van der Waals surface area contributed by atoms with E-state index in [1.165, 1.54) is 19.2 Å². The topological polar surface area (TPSA) is 104 Å². The van der Waals surface area contributed by atoms with Crippen molar-refractivity contribution in [1.29, 1.82) is 0 Å². The molecule has 0 aliphatic carbocycles. The predicted octanol–water partition coefficient (Wildman–Crippen LogP) is 1.21. The van der Waals surface area contributed by atoms with Gasteiger partial charge in [-0.3, -0.25) is 9.59 Å². The molecule has 0 radical (unpaired) electrons. The van der Waals surface area contributed by atoms with Crippen LogP contribution in [0.25, 0.3) is 0 Å². The summed E-state index contributed by atoms with van der Waals surface area (Å²) < 4.78 is 38.5. The number of hydrogen-bond donors (Lipinski definition) is 2. The van der Waals surface area contributed by atoms with Gasteiger partial charge < -0.3 is 10.4 Å². The summed E-state index contributed by atoms with van der Waals surface area (Å²) in [4.78, 5) is 22.2. The molecular weight excluding hydrogens is 339 g/mol. The number of carboxylic acids is 1. The molecule has 9 heteroatoms. The zero-order valence-corrected chi connectivity index (χ0v) is 14.3. The van der Waals surface area contributed by atoms with Crippen LogP contribution in [0, 0.1) is 5.82 Å². The van der Waals surface area contributed by atoms with E-state index in [4.69, 9.17) is 5.11 Å². The van der Waals surface area contributed by atoms with Gasteiger partial charge in [0.2, 0.25) is 15.9 Å². The Hall–Kier alpha value is -2.00. The smallest absolute Gasteiger partial charge is 0.305 e. The Morgan fingerprint density at radius 2 is 1.88 bits per heavy atom. The SMILES string of the molecule is CC(CC(=O)O)NC(=O)CCCN(C)S(=O)(=O)c1ccc(F)cc1. The van der Waals surface area contributed by atoms with Gasteiger partial charge in [0.1, 0.15) is 5.82 Å². The highest BCUT2D eigenvalue weighted by Gasteiger charge is 2.20. The summed E-state index contributed by atoms with van der Waals surface area (Å²) in [5.74, 6) is -1.87. The van der Waals surface area contributed by atoms with Crippen molar-refractivity contribution < 1.29 is 27.5 Å².